The first-order valence-corrected chi connectivity index (χ1v) is 6.50. The molecule has 1 N–H and O–H groups in total. The number of carbonyl (C=O) groups is 2. The molecule has 0 saturated carbocycles. The Kier molecular flexibility index (Phi) is 5.36. The van der Waals surface area contributed by atoms with Crippen molar-refractivity contribution in [2.75, 3.05) is 5.88 Å². The van der Waals surface area contributed by atoms with E-state index in [4.69, 9.17) is 16.3 Å². The fourth-order valence-corrected chi connectivity index (χ4v) is 1.44. The molecule has 0 atom stereocenters. The summed E-state index contributed by atoms with van der Waals surface area (Å²) < 4.78 is 5.25. The number of rotatable bonds is 4. The zero-order valence-corrected chi connectivity index (χ0v) is 12.1. The highest BCUT2D eigenvalue weighted by molar-refractivity contribution is 6.27. The molecular weight excluding hydrogens is 266 g/mol. The molecule has 4 nitrogen and oxygen atoms in total. The first-order valence-electron chi connectivity index (χ1n) is 5.97. The van der Waals surface area contributed by atoms with E-state index in [9.17, 15) is 9.59 Å². The third kappa shape index (κ3) is 5.75. The number of ether oxygens (including phenoxy) is 1. The molecule has 0 bridgehead atoms. The highest BCUT2D eigenvalue weighted by Crippen LogP contribution is 2.12. The number of hydrogen-bond donors (Lipinski definition) is 1. The average molecular weight is 284 g/mol. The van der Waals surface area contributed by atoms with Gasteiger partial charge in [0.15, 0.2) is 0 Å². The van der Waals surface area contributed by atoms with E-state index in [1.807, 2.05) is 20.8 Å². The number of alkyl halides is 1. The summed E-state index contributed by atoms with van der Waals surface area (Å²) in [6, 6.07) is 6.90. The normalized spacial score (nSPS) is 10.9. The van der Waals surface area contributed by atoms with Gasteiger partial charge >= 0.3 is 5.97 Å². The van der Waals surface area contributed by atoms with Gasteiger partial charge in [-0.15, -0.1) is 11.6 Å². The monoisotopic (exact) mass is 283 g/mol. The zero-order valence-electron chi connectivity index (χ0n) is 11.3. The van der Waals surface area contributed by atoms with Crippen LogP contribution in [0.5, 0.6) is 0 Å². The maximum atomic E-state index is 11.8. The molecule has 0 heterocycles. The topological polar surface area (TPSA) is 55.4 Å². The Hall–Kier alpha value is -1.55. The number of amides is 1. The lowest BCUT2D eigenvalue weighted by Gasteiger charge is -2.19. The highest BCUT2D eigenvalue weighted by atomic mass is 35.5. The summed E-state index contributed by atoms with van der Waals surface area (Å²) in [5.74, 6) is -0.641. The fraction of sp³-hybridized carbons (Fsp3) is 0.429. The second-order valence-electron chi connectivity index (χ2n) is 5.11. The van der Waals surface area contributed by atoms with Crippen LogP contribution in [-0.4, -0.2) is 23.4 Å². The minimum Gasteiger partial charge on any atom is -0.456 e. The van der Waals surface area contributed by atoms with E-state index in [0.29, 0.717) is 12.1 Å². The Morgan fingerprint density at radius 1 is 1.21 bits per heavy atom. The Bertz CT molecular complexity index is 449. The number of esters is 1. The molecule has 19 heavy (non-hydrogen) atoms. The van der Waals surface area contributed by atoms with Gasteiger partial charge in [-0.25, -0.2) is 4.79 Å². The van der Waals surface area contributed by atoms with E-state index in [-0.39, 0.29) is 17.8 Å². The lowest BCUT2D eigenvalue weighted by Crippen LogP contribution is -2.24. The summed E-state index contributed by atoms with van der Waals surface area (Å²) in [4.78, 5) is 22.8. The number of hydrogen-bond acceptors (Lipinski definition) is 3. The molecule has 104 valence electrons. The van der Waals surface area contributed by atoms with E-state index in [0.717, 1.165) is 5.56 Å². The minimum absolute atomic E-state index is 0.0595. The molecule has 5 heteroatoms. The van der Waals surface area contributed by atoms with Gasteiger partial charge < -0.3 is 10.1 Å². The Balaban J connectivity index is 2.61. The molecule has 0 unspecified atom stereocenters. The summed E-state index contributed by atoms with van der Waals surface area (Å²) in [6.45, 7) is 5.85. The Labute approximate surface area is 118 Å². The second-order valence-corrected chi connectivity index (χ2v) is 5.38. The number of carbonyl (C=O) groups excluding carboxylic acids is 2. The molecule has 0 aromatic heterocycles. The van der Waals surface area contributed by atoms with Gasteiger partial charge in [0.25, 0.3) is 0 Å². The smallest absolute Gasteiger partial charge is 0.338 e. The maximum Gasteiger partial charge on any atom is 0.338 e. The molecule has 0 aliphatic heterocycles. The third-order valence-corrected chi connectivity index (χ3v) is 2.44. The molecule has 0 aliphatic rings. The molecule has 1 amide bonds. The Morgan fingerprint density at radius 3 is 2.26 bits per heavy atom. The van der Waals surface area contributed by atoms with Crippen LogP contribution in [0.1, 0.15) is 36.7 Å². The van der Waals surface area contributed by atoms with E-state index in [2.05, 4.69) is 5.32 Å². The van der Waals surface area contributed by atoms with Gasteiger partial charge in [-0.2, -0.15) is 0 Å². The van der Waals surface area contributed by atoms with Crippen molar-refractivity contribution in [2.45, 2.75) is 32.9 Å². The zero-order chi connectivity index (χ0) is 14.5. The second kappa shape index (κ2) is 6.57. The van der Waals surface area contributed by atoms with Crippen LogP contribution in [0.3, 0.4) is 0 Å². The van der Waals surface area contributed by atoms with Gasteiger partial charge in [-0.1, -0.05) is 12.1 Å². The highest BCUT2D eigenvalue weighted by Gasteiger charge is 2.17. The van der Waals surface area contributed by atoms with Gasteiger partial charge in [0, 0.05) is 6.54 Å². The summed E-state index contributed by atoms with van der Waals surface area (Å²) in [7, 11) is 0. The predicted octanol–water partition coefficient (Wildman–Crippen LogP) is 2.50. The van der Waals surface area contributed by atoms with E-state index < -0.39 is 5.60 Å². The van der Waals surface area contributed by atoms with E-state index in [1.165, 1.54) is 0 Å². The summed E-state index contributed by atoms with van der Waals surface area (Å²) >= 11 is 5.37. The molecule has 0 saturated heterocycles. The summed E-state index contributed by atoms with van der Waals surface area (Å²) in [6.07, 6.45) is 0. The first-order chi connectivity index (χ1) is 8.81. The van der Waals surface area contributed by atoms with Crippen molar-refractivity contribution in [1.82, 2.24) is 5.32 Å². The van der Waals surface area contributed by atoms with Crippen LogP contribution in [-0.2, 0) is 16.1 Å². The van der Waals surface area contributed by atoms with Gasteiger partial charge in [0.05, 0.1) is 5.56 Å². The molecule has 0 radical (unpaired) electrons. The van der Waals surface area contributed by atoms with Gasteiger partial charge in [0.2, 0.25) is 5.91 Å². The largest absolute Gasteiger partial charge is 0.456 e. The van der Waals surface area contributed by atoms with Crippen molar-refractivity contribution in [2.24, 2.45) is 0 Å². The predicted molar refractivity (Wildman–Crippen MR) is 74.2 cm³/mol. The van der Waals surface area contributed by atoms with Crippen molar-refractivity contribution < 1.29 is 14.3 Å². The lowest BCUT2D eigenvalue weighted by molar-refractivity contribution is -0.118. The van der Waals surface area contributed by atoms with Gasteiger partial charge in [0.1, 0.15) is 11.5 Å². The standard InChI is InChI=1S/C14H18ClNO3/c1-14(2,3)19-13(18)11-6-4-10(5-7-11)9-16-12(17)8-15/h4-7H,8-9H2,1-3H3,(H,16,17). The van der Waals surface area contributed by atoms with Crippen LogP contribution in [0.25, 0.3) is 0 Å². The van der Waals surface area contributed by atoms with Crippen LogP contribution in [0.15, 0.2) is 24.3 Å². The molecule has 1 rings (SSSR count). The fourth-order valence-electron chi connectivity index (χ4n) is 1.34. The van der Waals surface area contributed by atoms with E-state index in [1.54, 1.807) is 24.3 Å². The van der Waals surface area contributed by atoms with Crippen molar-refractivity contribution in [3.63, 3.8) is 0 Å². The quantitative estimate of drug-likeness (QED) is 0.682. The molecule has 0 fully saturated rings. The molecule has 0 aliphatic carbocycles. The maximum absolute atomic E-state index is 11.8. The average Bonchev–Trinajstić information content (AvgIpc) is 2.34. The van der Waals surface area contributed by atoms with Crippen molar-refractivity contribution in [1.29, 1.82) is 0 Å². The number of nitrogens with one attached hydrogen (secondary N) is 1. The van der Waals surface area contributed by atoms with Crippen LogP contribution in [0, 0.1) is 0 Å². The third-order valence-electron chi connectivity index (χ3n) is 2.20. The number of halogens is 1. The van der Waals surface area contributed by atoms with Crippen LogP contribution >= 0.6 is 11.6 Å². The molecule has 1 aromatic rings. The lowest BCUT2D eigenvalue weighted by atomic mass is 10.1. The summed E-state index contributed by atoms with van der Waals surface area (Å²) in [5, 5.41) is 2.65. The SMILES string of the molecule is CC(C)(C)OC(=O)c1ccc(CNC(=O)CCl)cc1. The Morgan fingerprint density at radius 2 is 1.79 bits per heavy atom. The van der Waals surface area contributed by atoms with Crippen molar-refractivity contribution in [3.05, 3.63) is 35.4 Å². The van der Waals surface area contributed by atoms with Crippen LogP contribution in [0.4, 0.5) is 0 Å². The first kappa shape index (κ1) is 15.5. The number of benzene rings is 1. The van der Waals surface area contributed by atoms with Gasteiger partial charge in [-0.05, 0) is 38.5 Å². The molecular formula is C14H18ClNO3. The van der Waals surface area contributed by atoms with Crippen molar-refractivity contribution >= 4 is 23.5 Å². The molecule has 0 spiro atoms. The van der Waals surface area contributed by atoms with Crippen LogP contribution in [0.2, 0.25) is 0 Å². The van der Waals surface area contributed by atoms with E-state index >= 15 is 0 Å². The van der Waals surface area contributed by atoms with Gasteiger partial charge in [-0.3, -0.25) is 4.79 Å². The summed E-state index contributed by atoms with van der Waals surface area (Å²) in [5.41, 5.74) is 0.873. The van der Waals surface area contributed by atoms with Crippen molar-refractivity contribution in [3.8, 4) is 0 Å². The molecule has 1 aromatic carbocycles. The minimum atomic E-state index is -0.510. The van der Waals surface area contributed by atoms with Crippen LogP contribution < -0.4 is 5.32 Å².